The Morgan fingerprint density at radius 3 is 2.81 bits per heavy atom. The Morgan fingerprint density at radius 2 is 2.08 bits per heavy atom. The van der Waals surface area contributed by atoms with Gasteiger partial charge in [-0.2, -0.15) is 0 Å². The van der Waals surface area contributed by atoms with Crippen molar-refractivity contribution in [3.8, 4) is 0 Å². The van der Waals surface area contributed by atoms with Crippen LogP contribution in [0.5, 0.6) is 0 Å². The van der Waals surface area contributed by atoms with Crippen molar-refractivity contribution >= 4 is 6.03 Å². The number of nitrogens with zero attached hydrogens (tertiary/aromatic N) is 3. The fourth-order valence-electron chi connectivity index (χ4n) is 4.77. The number of likely N-dealkylation sites (tertiary alicyclic amines) is 1. The van der Waals surface area contributed by atoms with Crippen molar-refractivity contribution in [1.29, 1.82) is 0 Å². The number of piperidine rings is 1. The van der Waals surface area contributed by atoms with E-state index in [4.69, 9.17) is 0 Å². The Hall–Kier alpha value is -1.56. The summed E-state index contributed by atoms with van der Waals surface area (Å²) in [4.78, 5) is 19.5. The van der Waals surface area contributed by atoms with Gasteiger partial charge in [0.2, 0.25) is 0 Å². The number of urea groups is 1. The number of carbonyl (C=O) groups is 1. The first-order valence-corrected chi connectivity index (χ1v) is 10.2. The lowest BCUT2D eigenvalue weighted by Gasteiger charge is -2.36. The summed E-state index contributed by atoms with van der Waals surface area (Å²) in [6.07, 6.45) is 5.67. The molecule has 0 spiro atoms. The Balaban J connectivity index is 1.43. The summed E-state index contributed by atoms with van der Waals surface area (Å²) in [5.74, 6) is 2.94. The molecule has 2 N–H and O–H groups in total. The average Bonchev–Trinajstić information content (AvgIpc) is 2.92. The van der Waals surface area contributed by atoms with Crippen LogP contribution >= 0.6 is 0 Å². The van der Waals surface area contributed by atoms with Crippen LogP contribution in [0.1, 0.15) is 57.5 Å². The van der Waals surface area contributed by atoms with E-state index in [1.54, 1.807) is 0 Å². The number of rotatable bonds is 5. The van der Waals surface area contributed by atoms with Crippen molar-refractivity contribution in [2.45, 2.75) is 65.5 Å². The molecule has 1 aromatic rings. The van der Waals surface area contributed by atoms with E-state index in [9.17, 15) is 4.79 Å². The molecule has 6 nitrogen and oxygen atoms in total. The van der Waals surface area contributed by atoms with Crippen LogP contribution in [0.25, 0.3) is 0 Å². The summed E-state index contributed by atoms with van der Waals surface area (Å²) in [5.41, 5.74) is 1.06. The molecule has 2 aliphatic rings. The lowest BCUT2D eigenvalue weighted by Crippen LogP contribution is -2.49. The molecule has 1 aromatic heterocycles. The number of fused-ring (bicyclic) bond motifs is 1. The third-order valence-corrected chi connectivity index (χ3v) is 5.61. The number of aryl methyl sites for hydroxylation is 2. The molecule has 0 bridgehead atoms. The van der Waals surface area contributed by atoms with Gasteiger partial charge in [0.25, 0.3) is 0 Å². The molecule has 2 aliphatic heterocycles. The zero-order chi connectivity index (χ0) is 18.7. The van der Waals surface area contributed by atoms with Gasteiger partial charge in [-0.15, -0.1) is 0 Å². The molecule has 1 saturated heterocycles. The summed E-state index contributed by atoms with van der Waals surface area (Å²) in [7, 11) is 0. The van der Waals surface area contributed by atoms with Gasteiger partial charge in [-0.05, 0) is 44.9 Å². The molecular weight excluding hydrogens is 326 g/mol. The third-order valence-electron chi connectivity index (χ3n) is 5.61. The molecule has 4 atom stereocenters. The Kier molecular flexibility index (Phi) is 6.22. The van der Waals surface area contributed by atoms with E-state index in [0.29, 0.717) is 12.5 Å². The lowest BCUT2D eigenvalue weighted by atomic mass is 9.92. The SMILES string of the molecule is Cc1cn2c(n1)C(CNC(=O)NC(C)CN1CC(C)CC(C)C1)CCC2. The Morgan fingerprint density at radius 1 is 1.35 bits per heavy atom. The van der Waals surface area contributed by atoms with Crippen molar-refractivity contribution in [1.82, 2.24) is 25.1 Å². The molecule has 4 unspecified atom stereocenters. The van der Waals surface area contributed by atoms with E-state index in [1.165, 1.54) is 6.42 Å². The average molecular weight is 362 g/mol. The largest absolute Gasteiger partial charge is 0.337 e. The maximum atomic E-state index is 12.3. The smallest absolute Gasteiger partial charge is 0.315 e. The second kappa shape index (κ2) is 8.42. The molecule has 0 aliphatic carbocycles. The monoisotopic (exact) mass is 361 g/mol. The topological polar surface area (TPSA) is 62.2 Å². The molecule has 3 rings (SSSR count). The van der Waals surface area contributed by atoms with E-state index in [2.05, 4.69) is 52.1 Å². The number of nitrogens with one attached hydrogen (secondary N) is 2. The van der Waals surface area contributed by atoms with Gasteiger partial charge >= 0.3 is 6.03 Å². The molecule has 1 fully saturated rings. The number of imidazole rings is 1. The summed E-state index contributed by atoms with van der Waals surface area (Å²) >= 11 is 0. The molecule has 0 radical (unpaired) electrons. The first-order chi connectivity index (χ1) is 12.4. The van der Waals surface area contributed by atoms with E-state index in [-0.39, 0.29) is 12.1 Å². The standard InChI is InChI=1S/C20H35N5O/c1-14-8-15(2)11-24(10-14)12-16(3)23-20(26)21-9-18-6-5-7-25-13-17(4)22-19(18)25/h13-16,18H,5-12H2,1-4H3,(H2,21,23,26). The molecular formula is C20H35N5O. The highest BCUT2D eigenvalue weighted by Gasteiger charge is 2.25. The maximum absolute atomic E-state index is 12.3. The quantitative estimate of drug-likeness (QED) is 0.848. The first-order valence-electron chi connectivity index (χ1n) is 10.2. The minimum atomic E-state index is -0.0593. The normalized spacial score (nSPS) is 27.6. The second-order valence-corrected chi connectivity index (χ2v) is 8.69. The number of amides is 2. The number of carbonyl (C=O) groups excluding carboxylic acids is 1. The minimum absolute atomic E-state index is 0.0593. The van der Waals surface area contributed by atoms with Crippen molar-refractivity contribution < 1.29 is 4.79 Å². The van der Waals surface area contributed by atoms with Crippen molar-refractivity contribution in [2.24, 2.45) is 11.8 Å². The van der Waals surface area contributed by atoms with Gasteiger partial charge in [-0.25, -0.2) is 9.78 Å². The molecule has 2 amide bonds. The van der Waals surface area contributed by atoms with Gasteiger partial charge in [0.15, 0.2) is 0 Å². The highest BCUT2D eigenvalue weighted by Crippen LogP contribution is 2.26. The van der Waals surface area contributed by atoms with Crippen LogP contribution in [0.15, 0.2) is 6.20 Å². The van der Waals surface area contributed by atoms with E-state index in [0.717, 1.165) is 62.4 Å². The fraction of sp³-hybridized carbons (Fsp3) is 0.800. The number of aromatic nitrogens is 2. The summed E-state index contributed by atoms with van der Waals surface area (Å²) < 4.78 is 2.24. The second-order valence-electron chi connectivity index (χ2n) is 8.69. The van der Waals surface area contributed by atoms with Crippen molar-refractivity contribution in [3.63, 3.8) is 0 Å². The van der Waals surface area contributed by atoms with Crippen LogP contribution in [-0.2, 0) is 6.54 Å². The van der Waals surface area contributed by atoms with Gasteiger partial charge in [-0.1, -0.05) is 13.8 Å². The molecule has 0 saturated carbocycles. The summed E-state index contributed by atoms with van der Waals surface area (Å²) in [5, 5.41) is 6.17. The van der Waals surface area contributed by atoms with Crippen LogP contribution in [0.4, 0.5) is 4.79 Å². The van der Waals surface area contributed by atoms with Gasteiger partial charge < -0.3 is 20.1 Å². The van der Waals surface area contributed by atoms with E-state index >= 15 is 0 Å². The first kappa shape index (κ1) is 19.2. The van der Waals surface area contributed by atoms with Crippen molar-refractivity contribution in [2.75, 3.05) is 26.2 Å². The molecule has 0 aromatic carbocycles. The number of hydrogen-bond donors (Lipinski definition) is 2. The fourth-order valence-corrected chi connectivity index (χ4v) is 4.77. The highest BCUT2D eigenvalue weighted by atomic mass is 16.2. The van der Waals surface area contributed by atoms with Crippen LogP contribution in [0, 0.1) is 18.8 Å². The predicted molar refractivity (Wildman–Crippen MR) is 104 cm³/mol. The Bertz CT molecular complexity index is 603. The van der Waals surface area contributed by atoms with Crippen LogP contribution in [0.3, 0.4) is 0 Å². The summed E-state index contributed by atoms with van der Waals surface area (Å²) in [6.45, 7) is 13.7. The van der Waals surface area contributed by atoms with Crippen LogP contribution in [0.2, 0.25) is 0 Å². The molecule has 6 heteroatoms. The van der Waals surface area contributed by atoms with Crippen LogP contribution in [-0.4, -0.2) is 52.7 Å². The molecule has 146 valence electrons. The highest BCUT2D eigenvalue weighted by molar-refractivity contribution is 5.74. The summed E-state index contributed by atoms with van der Waals surface area (Å²) in [6, 6.07) is 0.0964. The zero-order valence-corrected chi connectivity index (χ0v) is 16.8. The number of hydrogen-bond acceptors (Lipinski definition) is 3. The minimum Gasteiger partial charge on any atom is -0.337 e. The molecule has 26 heavy (non-hydrogen) atoms. The molecule has 3 heterocycles. The lowest BCUT2D eigenvalue weighted by molar-refractivity contribution is 0.131. The predicted octanol–water partition coefficient (Wildman–Crippen LogP) is 2.73. The van der Waals surface area contributed by atoms with E-state index < -0.39 is 0 Å². The maximum Gasteiger partial charge on any atom is 0.315 e. The van der Waals surface area contributed by atoms with E-state index in [1.807, 2.05) is 6.92 Å². The van der Waals surface area contributed by atoms with Gasteiger partial charge in [-0.3, -0.25) is 0 Å². The van der Waals surface area contributed by atoms with Gasteiger partial charge in [0.1, 0.15) is 5.82 Å². The van der Waals surface area contributed by atoms with Gasteiger partial charge in [0.05, 0.1) is 5.69 Å². The van der Waals surface area contributed by atoms with Crippen LogP contribution < -0.4 is 10.6 Å². The Labute approximate surface area is 157 Å². The van der Waals surface area contributed by atoms with Gasteiger partial charge in [0, 0.05) is 50.9 Å². The van der Waals surface area contributed by atoms with Crippen molar-refractivity contribution in [3.05, 3.63) is 17.7 Å². The zero-order valence-electron chi connectivity index (χ0n) is 16.8. The third kappa shape index (κ3) is 5.00.